The van der Waals surface area contributed by atoms with Gasteiger partial charge in [-0.2, -0.15) is 0 Å². The molecule has 2 heterocycles. The summed E-state index contributed by atoms with van der Waals surface area (Å²) in [6.07, 6.45) is 0. The van der Waals surface area contributed by atoms with Crippen molar-refractivity contribution in [3.8, 4) is 10.6 Å². The van der Waals surface area contributed by atoms with Gasteiger partial charge >= 0.3 is 0 Å². The summed E-state index contributed by atoms with van der Waals surface area (Å²) in [5.41, 5.74) is 2.31. The van der Waals surface area contributed by atoms with Gasteiger partial charge in [0.15, 0.2) is 0 Å². The first-order valence-electron chi connectivity index (χ1n) is 7.58. The lowest BCUT2D eigenvalue weighted by atomic mass is 10.1. The summed E-state index contributed by atoms with van der Waals surface area (Å²) in [6.45, 7) is 5.35. The number of amides is 1. The monoisotopic (exact) mass is 344 g/mol. The van der Waals surface area contributed by atoms with E-state index in [-0.39, 0.29) is 5.91 Å². The minimum Gasteiger partial charge on any atom is -0.339 e. The minimum absolute atomic E-state index is 0.0394. The van der Waals surface area contributed by atoms with Gasteiger partial charge in [0.25, 0.3) is 5.91 Å². The van der Waals surface area contributed by atoms with Crippen LogP contribution in [0.3, 0.4) is 0 Å². The van der Waals surface area contributed by atoms with Crippen molar-refractivity contribution >= 4 is 39.7 Å². The minimum atomic E-state index is 0.0394. The zero-order chi connectivity index (χ0) is 16.4. The lowest BCUT2D eigenvalue weighted by Crippen LogP contribution is -2.30. The van der Waals surface area contributed by atoms with E-state index in [2.05, 4.69) is 0 Å². The number of halogens is 1. The summed E-state index contributed by atoms with van der Waals surface area (Å²) in [6, 6.07) is 13.4. The van der Waals surface area contributed by atoms with Crippen molar-refractivity contribution in [1.29, 1.82) is 0 Å². The number of nitrogens with zero attached hydrogens (tertiary/aromatic N) is 2. The smallest absolute Gasteiger partial charge is 0.254 e. The Morgan fingerprint density at radius 1 is 1.17 bits per heavy atom. The number of hydrogen-bond acceptors (Lipinski definition) is 3. The summed E-state index contributed by atoms with van der Waals surface area (Å²) in [5, 5.41) is 0.885. The Morgan fingerprint density at radius 2 is 1.91 bits per heavy atom. The highest BCUT2D eigenvalue weighted by atomic mass is 35.5. The zero-order valence-corrected chi connectivity index (χ0v) is 14.6. The van der Waals surface area contributed by atoms with E-state index in [9.17, 15) is 4.79 Å². The summed E-state index contributed by atoms with van der Waals surface area (Å²) in [7, 11) is 0. The molecular weight excluding hydrogens is 328 g/mol. The van der Waals surface area contributed by atoms with Crippen molar-refractivity contribution < 1.29 is 4.79 Å². The van der Waals surface area contributed by atoms with E-state index in [1.54, 1.807) is 0 Å². The summed E-state index contributed by atoms with van der Waals surface area (Å²) >= 11 is 7.51. The number of rotatable bonds is 4. The topological polar surface area (TPSA) is 33.2 Å². The van der Waals surface area contributed by atoms with Crippen molar-refractivity contribution in [1.82, 2.24) is 9.88 Å². The van der Waals surface area contributed by atoms with Gasteiger partial charge in [0.05, 0.1) is 26.0 Å². The predicted octanol–water partition coefficient (Wildman–Crippen LogP) is 5.10. The first-order valence-corrected chi connectivity index (χ1v) is 8.78. The molecular formula is C18H17ClN2OS. The number of carbonyl (C=O) groups excluding carboxylic acids is 1. The lowest BCUT2D eigenvalue weighted by Gasteiger charge is -2.20. The Kier molecular flexibility index (Phi) is 4.64. The number of carbonyl (C=O) groups is 1. The third kappa shape index (κ3) is 3.09. The number of thiophene rings is 1. The van der Waals surface area contributed by atoms with Crippen LogP contribution in [0, 0.1) is 0 Å². The fourth-order valence-corrected chi connectivity index (χ4v) is 3.62. The van der Waals surface area contributed by atoms with Gasteiger partial charge in [-0.15, -0.1) is 11.3 Å². The van der Waals surface area contributed by atoms with Crippen molar-refractivity contribution in [3.63, 3.8) is 0 Å². The Hall–Kier alpha value is -1.91. The summed E-state index contributed by atoms with van der Waals surface area (Å²) in [5.74, 6) is 0.0394. The Morgan fingerprint density at radius 3 is 2.57 bits per heavy atom. The van der Waals surface area contributed by atoms with Gasteiger partial charge in [-0.1, -0.05) is 29.8 Å². The van der Waals surface area contributed by atoms with Crippen LogP contribution in [0.5, 0.6) is 0 Å². The van der Waals surface area contributed by atoms with Crippen molar-refractivity contribution in [2.24, 2.45) is 0 Å². The number of para-hydroxylation sites is 1. The SMILES string of the molecule is CCN(CC)C(=O)c1cc(-c2ccc(Cl)s2)nc2ccccc12. The number of aromatic nitrogens is 1. The van der Waals surface area contributed by atoms with Crippen LogP contribution < -0.4 is 0 Å². The first-order chi connectivity index (χ1) is 11.1. The van der Waals surface area contributed by atoms with Crippen molar-refractivity contribution in [2.75, 3.05) is 13.1 Å². The second-order valence-corrected chi connectivity index (χ2v) is 6.87. The molecule has 2 aromatic heterocycles. The van der Waals surface area contributed by atoms with E-state index in [1.165, 1.54) is 11.3 Å². The van der Waals surface area contributed by atoms with Gasteiger partial charge < -0.3 is 4.90 Å². The van der Waals surface area contributed by atoms with Crippen LogP contribution in [-0.2, 0) is 0 Å². The molecule has 118 valence electrons. The first kappa shape index (κ1) is 16.0. The molecule has 0 spiro atoms. The molecule has 23 heavy (non-hydrogen) atoms. The molecule has 3 aromatic rings. The standard InChI is InChI=1S/C18H17ClN2OS/c1-3-21(4-2)18(22)13-11-15(16-9-10-17(19)23-16)20-14-8-6-5-7-12(13)14/h5-11H,3-4H2,1-2H3. The molecule has 1 aromatic carbocycles. The van der Waals surface area contributed by atoms with Gasteiger partial charge in [0, 0.05) is 18.5 Å². The second-order valence-electron chi connectivity index (χ2n) is 5.15. The maximum Gasteiger partial charge on any atom is 0.254 e. The molecule has 0 fully saturated rings. The third-order valence-corrected chi connectivity index (χ3v) is 5.08. The normalized spacial score (nSPS) is 10.9. The lowest BCUT2D eigenvalue weighted by molar-refractivity contribution is 0.0775. The van der Waals surface area contributed by atoms with Crippen LogP contribution in [0.4, 0.5) is 0 Å². The quantitative estimate of drug-likeness (QED) is 0.659. The third-order valence-electron chi connectivity index (χ3n) is 3.82. The Labute approximate surface area is 144 Å². The molecule has 5 heteroatoms. The number of pyridine rings is 1. The maximum atomic E-state index is 12.9. The summed E-state index contributed by atoms with van der Waals surface area (Å²) in [4.78, 5) is 20.4. The molecule has 0 saturated carbocycles. The van der Waals surface area contributed by atoms with Gasteiger partial charge in [0.2, 0.25) is 0 Å². The Bertz CT molecular complexity index is 855. The van der Waals surface area contributed by atoms with Crippen LogP contribution in [0.15, 0.2) is 42.5 Å². The molecule has 3 rings (SSSR count). The number of hydrogen-bond donors (Lipinski definition) is 0. The van der Waals surface area contributed by atoms with E-state index in [1.807, 2.05) is 61.2 Å². The van der Waals surface area contributed by atoms with E-state index in [0.717, 1.165) is 21.5 Å². The van der Waals surface area contributed by atoms with Crippen molar-refractivity contribution in [2.45, 2.75) is 13.8 Å². The van der Waals surface area contributed by atoms with Gasteiger partial charge in [-0.25, -0.2) is 4.98 Å². The molecule has 0 bridgehead atoms. The van der Waals surface area contributed by atoms with E-state index < -0.39 is 0 Å². The molecule has 0 unspecified atom stereocenters. The average molecular weight is 345 g/mol. The highest BCUT2D eigenvalue weighted by molar-refractivity contribution is 7.19. The maximum absolute atomic E-state index is 12.9. The average Bonchev–Trinajstić information content (AvgIpc) is 3.01. The van der Waals surface area contributed by atoms with Crippen LogP contribution >= 0.6 is 22.9 Å². The van der Waals surface area contributed by atoms with Crippen LogP contribution in [0.25, 0.3) is 21.5 Å². The molecule has 0 atom stereocenters. The molecule has 0 aliphatic heterocycles. The second kappa shape index (κ2) is 6.69. The fourth-order valence-electron chi connectivity index (χ4n) is 2.61. The molecule has 0 saturated heterocycles. The molecule has 0 radical (unpaired) electrons. The number of benzene rings is 1. The molecule has 1 amide bonds. The van der Waals surface area contributed by atoms with Gasteiger partial charge in [0.1, 0.15) is 0 Å². The van der Waals surface area contributed by atoms with Gasteiger partial charge in [-0.3, -0.25) is 4.79 Å². The van der Waals surface area contributed by atoms with E-state index in [4.69, 9.17) is 16.6 Å². The summed E-state index contributed by atoms with van der Waals surface area (Å²) < 4.78 is 0.714. The number of fused-ring (bicyclic) bond motifs is 1. The highest BCUT2D eigenvalue weighted by Crippen LogP contribution is 2.32. The van der Waals surface area contributed by atoms with E-state index in [0.29, 0.717) is 23.0 Å². The highest BCUT2D eigenvalue weighted by Gasteiger charge is 2.18. The zero-order valence-electron chi connectivity index (χ0n) is 13.0. The molecule has 3 nitrogen and oxygen atoms in total. The molecule has 0 aliphatic rings. The van der Waals surface area contributed by atoms with Crippen LogP contribution in [0.2, 0.25) is 4.34 Å². The van der Waals surface area contributed by atoms with Gasteiger partial charge in [-0.05, 0) is 38.1 Å². The van der Waals surface area contributed by atoms with Crippen LogP contribution in [-0.4, -0.2) is 28.9 Å². The fraction of sp³-hybridized carbons (Fsp3) is 0.222. The van der Waals surface area contributed by atoms with Crippen LogP contribution in [0.1, 0.15) is 24.2 Å². The Balaban J connectivity index is 2.20. The largest absolute Gasteiger partial charge is 0.339 e. The van der Waals surface area contributed by atoms with Crippen molar-refractivity contribution in [3.05, 3.63) is 52.4 Å². The molecule has 0 N–H and O–H groups in total. The van der Waals surface area contributed by atoms with E-state index >= 15 is 0 Å². The molecule has 0 aliphatic carbocycles. The predicted molar refractivity (Wildman–Crippen MR) is 97.3 cm³/mol.